The number of carbonyl (C=O) groups is 2. The third-order valence-electron chi connectivity index (χ3n) is 4.17. The summed E-state index contributed by atoms with van der Waals surface area (Å²) in [6.07, 6.45) is 1.55. The lowest BCUT2D eigenvalue weighted by Gasteiger charge is -2.11. The van der Waals surface area contributed by atoms with E-state index in [0.717, 1.165) is 31.9 Å². The van der Waals surface area contributed by atoms with Crippen molar-refractivity contribution in [3.05, 3.63) is 59.9 Å². The number of aromatic nitrogens is 3. The van der Waals surface area contributed by atoms with Gasteiger partial charge in [-0.15, -0.1) is 10.2 Å². The van der Waals surface area contributed by atoms with Gasteiger partial charge in [-0.1, -0.05) is 0 Å². The quantitative estimate of drug-likeness (QED) is 0.587. The van der Waals surface area contributed by atoms with E-state index in [2.05, 4.69) is 24.4 Å². The lowest BCUT2D eigenvalue weighted by Crippen LogP contribution is -2.16. The lowest BCUT2D eigenvalue weighted by atomic mass is 10.1. The van der Waals surface area contributed by atoms with Gasteiger partial charge in [-0.05, 0) is 42.5 Å². The van der Waals surface area contributed by atoms with Crippen LogP contribution in [0.1, 0.15) is 20.7 Å². The number of ether oxygens (including phenoxy) is 2. The summed E-state index contributed by atoms with van der Waals surface area (Å²) in [6, 6.07) is 9.94. The number of rotatable bonds is 6. The van der Waals surface area contributed by atoms with Gasteiger partial charge in [0, 0.05) is 18.3 Å². The first kappa shape index (κ1) is 21.0. The van der Waals surface area contributed by atoms with Crippen LogP contribution in [-0.2, 0) is 26.5 Å². The normalized spacial score (nSPS) is 11.0. The monoisotopic (exact) mass is 430 g/mol. The standard InChI is InChI=1S/C19H18N4O6S/c1-23-11-20-21-17(23)12-4-6-15(7-5-12)22-30(26,27)16-9-13(18(24)28-2)8-14(10-16)19(25)29-3/h4-11,22H,1-3H3. The average Bonchev–Trinajstić information content (AvgIpc) is 3.18. The van der Waals surface area contributed by atoms with Gasteiger partial charge >= 0.3 is 11.9 Å². The van der Waals surface area contributed by atoms with Gasteiger partial charge in [0.25, 0.3) is 10.0 Å². The zero-order chi connectivity index (χ0) is 21.9. The summed E-state index contributed by atoms with van der Waals surface area (Å²) < 4.78 is 39.1. The SMILES string of the molecule is COC(=O)c1cc(C(=O)OC)cc(S(=O)(=O)Nc2ccc(-c3nncn3C)cc2)c1. The number of hydrogen-bond donors (Lipinski definition) is 1. The fourth-order valence-electron chi connectivity index (χ4n) is 2.67. The highest BCUT2D eigenvalue weighted by molar-refractivity contribution is 7.92. The molecule has 0 aliphatic carbocycles. The molecule has 0 spiro atoms. The molecule has 0 radical (unpaired) electrons. The largest absolute Gasteiger partial charge is 0.465 e. The maximum absolute atomic E-state index is 12.9. The van der Waals surface area contributed by atoms with Gasteiger partial charge in [-0.2, -0.15) is 0 Å². The van der Waals surface area contributed by atoms with Crippen LogP contribution in [0.2, 0.25) is 0 Å². The first-order valence-electron chi connectivity index (χ1n) is 8.54. The summed E-state index contributed by atoms with van der Waals surface area (Å²) in [5.41, 5.74) is 0.833. The van der Waals surface area contributed by atoms with Crippen LogP contribution in [0.25, 0.3) is 11.4 Å². The van der Waals surface area contributed by atoms with Crippen LogP contribution in [-0.4, -0.2) is 49.3 Å². The van der Waals surface area contributed by atoms with E-state index in [0.29, 0.717) is 5.82 Å². The molecule has 3 rings (SSSR count). The van der Waals surface area contributed by atoms with Gasteiger partial charge < -0.3 is 14.0 Å². The van der Waals surface area contributed by atoms with Crippen LogP contribution in [0, 0.1) is 0 Å². The Bertz CT molecular complexity index is 1170. The molecular weight excluding hydrogens is 412 g/mol. The van der Waals surface area contributed by atoms with Crippen molar-refractivity contribution in [1.29, 1.82) is 0 Å². The van der Waals surface area contributed by atoms with Crippen molar-refractivity contribution >= 4 is 27.6 Å². The van der Waals surface area contributed by atoms with E-state index in [1.807, 2.05) is 0 Å². The van der Waals surface area contributed by atoms with Crippen LogP contribution >= 0.6 is 0 Å². The Morgan fingerprint density at radius 2 is 1.53 bits per heavy atom. The smallest absolute Gasteiger partial charge is 0.337 e. The molecule has 2 aromatic carbocycles. The maximum atomic E-state index is 12.9. The summed E-state index contributed by atoms with van der Waals surface area (Å²) >= 11 is 0. The van der Waals surface area contributed by atoms with Gasteiger partial charge in [0.05, 0.1) is 30.2 Å². The van der Waals surface area contributed by atoms with Crippen molar-refractivity contribution in [3.63, 3.8) is 0 Å². The molecule has 156 valence electrons. The first-order chi connectivity index (χ1) is 14.2. The number of aryl methyl sites for hydroxylation is 1. The fourth-order valence-corrected chi connectivity index (χ4v) is 3.80. The number of nitrogens with zero attached hydrogens (tertiary/aromatic N) is 3. The summed E-state index contributed by atoms with van der Waals surface area (Å²) in [6.45, 7) is 0. The van der Waals surface area contributed by atoms with Crippen LogP contribution in [0.3, 0.4) is 0 Å². The molecule has 0 fully saturated rings. The topological polar surface area (TPSA) is 129 Å². The van der Waals surface area contributed by atoms with Gasteiger partial charge in [-0.3, -0.25) is 4.72 Å². The summed E-state index contributed by atoms with van der Waals surface area (Å²) in [5.74, 6) is -0.951. The molecule has 0 aliphatic rings. The van der Waals surface area contributed by atoms with Gasteiger partial charge in [0.2, 0.25) is 0 Å². The minimum atomic E-state index is -4.12. The molecule has 11 heteroatoms. The lowest BCUT2D eigenvalue weighted by molar-refractivity contribution is 0.0598. The third kappa shape index (κ3) is 4.30. The predicted molar refractivity (Wildman–Crippen MR) is 106 cm³/mol. The number of sulfonamides is 1. The molecular formula is C19H18N4O6S. The Hall–Kier alpha value is -3.73. The maximum Gasteiger partial charge on any atom is 0.337 e. The van der Waals surface area contributed by atoms with Crippen LogP contribution in [0.4, 0.5) is 5.69 Å². The molecule has 3 aromatic rings. The first-order valence-corrected chi connectivity index (χ1v) is 10.0. The van der Waals surface area contributed by atoms with Crippen LogP contribution in [0.5, 0.6) is 0 Å². The summed E-state index contributed by atoms with van der Waals surface area (Å²) in [7, 11) is -0.0225. The summed E-state index contributed by atoms with van der Waals surface area (Å²) in [5, 5.41) is 7.80. The van der Waals surface area contributed by atoms with E-state index in [1.165, 1.54) is 6.07 Å². The number of methoxy groups -OCH3 is 2. The van der Waals surface area contributed by atoms with E-state index >= 15 is 0 Å². The molecule has 30 heavy (non-hydrogen) atoms. The van der Waals surface area contributed by atoms with E-state index in [4.69, 9.17) is 0 Å². The highest BCUT2D eigenvalue weighted by Crippen LogP contribution is 2.23. The highest BCUT2D eigenvalue weighted by Gasteiger charge is 2.21. The Morgan fingerprint density at radius 1 is 0.967 bits per heavy atom. The second-order valence-corrected chi connectivity index (χ2v) is 7.86. The molecule has 0 amide bonds. The van der Waals surface area contributed by atoms with Gasteiger partial charge in [-0.25, -0.2) is 18.0 Å². The van der Waals surface area contributed by atoms with E-state index in [9.17, 15) is 18.0 Å². The van der Waals surface area contributed by atoms with Crippen LogP contribution < -0.4 is 4.72 Å². The van der Waals surface area contributed by atoms with E-state index < -0.39 is 22.0 Å². The van der Waals surface area contributed by atoms with Gasteiger partial charge in [0.15, 0.2) is 5.82 Å². The Morgan fingerprint density at radius 3 is 2.00 bits per heavy atom. The van der Waals surface area contributed by atoms with Crippen molar-refractivity contribution in [1.82, 2.24) is 14.8 Å². The number of carbonyl (C=O) groups excluding carboxylic acids is 2. The number of anilines is 1. The molecule has 0 unspecified atom stereocenters. The van der Waals surface area contributed by atoms with Crippen molar-refractivity contribution < 1.29 is 27.5 Å². The number of benzene rings is 2. The molecule has 0 saturated heterocycles. The Kier molecular flexibility index (Phi) is 5.83. The fraction of sp³-hybridized carbons (Fsp3) is 0.158. The third-order valence-corrected chi connectivity index (χ3v) is 5.53. The summed E-state index contributed by atoms with van der Waals surface area (Å²) in [4.78, 5) is 23.5. The van der Waals surface area contributed by atoms with Crippen molar-refractivity contribution in [2.45, 2.75) is 4.90 Å². The number of hydrogen-bond acceptors (Lipinski definition) is 8. The molecule has 1 heterocycles. The van der Waals surface area contributed by atoms with Crippen molar-refractivity contribution in [2.75, 3.05) is 18.9 Å². The Balaban J connectivity index is 1.94. The van der Waals surface area contributed by atoms with Crippen LogP contribution in [0.15, 0.2) is 53.7 Å². The molecule has 1 aromatic heterocycles. The van der Waals surface area contributed by atoms with Crippen molar-refractivity contribution in [2.24, 2.45) is 7.05 Å². The van der Waals surface area contributed by atoms with E-state index in [1.54, 1.807) is 42.2 Å². The molecule has 0 bridgehead atoms. The highest BCUT2D eigenvalue weighted by atomic mass is 32.2. The van der Waals surface area contributed by atoms with Crippen molar-refractivity contribution in [3.8, 4) is 11.4 Å². The number of nitrogens with one attached hydrogen (secondary N) is 1. The molecule has 10 nitrogen and oxygen atoms in total. The zero-order valence-electron chi connectivity index (χ0n) is 16.3. The average molecular weight is 430 g/mol. The Labute approximate surface area is 172 Å². The molecule has 0 saturated carbocycles. The van der Waals surface area contributed by atoms with Gasteiger partial charge in [0.1, 0.15) is 6.33 Å². The molecule has 0 aliphatic heterocycles. The number of esters is 2. The second-order valence-electron chi connectivity index (χ2n) is 6.18. The second kappa shape index (κ2) is 8.33. The molecule has 1 N–H and O–H groups in total. The minimum absolute atomic E-state index is 0.0987. The minimum Gasteiger partial charge on any atom is -0.465 e. The molecule has 0 atom stereocenters. The predicted octanol–water partition coefficient (Wildman–Crippen LogP) is 1.86. The zero-order valence-corrected chi connectivity index (χ0v) is 17.1. The van der Waals surface area contributed by atoms with E-state index in [-0.39, 0.29) is 21.7 Å².